The van der Waals surface area contributed by atoms with E-state index in [-0.39, 0.29) is 11.8 Å². The molecule has 1 amide bonds. The second-order valence-corrected chi connectivity index (χ2v) is 9.92. The summed E-state index contributed by atoms with van der Waals surface area (Å²) in [5, 5.41) is 0.774. The third-order valence-corrected chi connectivity index (χ3v) is 7.58. The largest absolute Gasteiger partial charge is 0.492 e. The van der Waals surface area contributed by atoms with Gasteiger partial charge in [-0.2, -0.15) is 0 Å². The number of aryl methyl sites for hydroxylation is 2. The Hall–Kier alpha value is -2.83. The van der Waals surface area contributed by atoms with Crippen LogP contribution in [0.4, 0.5) is 5.69 Å². The molecule has 1 atom stereocenters. The highest BCUT2D eigenvalue weighted by Gasteiger charge is 2.35. The quantitative estimate of drug-likeness (QED) is 0.275. The fourth-order valence-electron chi connectivity index (χ4n) is 4.67. The third-order valence-electron chi connectivity index (χ3n) is 6.31. The van der Waals surface area contributed by atoms with Gasteiger partial charge in [0.05, 0.1) is 23.3 Å². The van der Waals surface area contributed by atoms with Gasteiger partial charge in [0.15, 0.2) is 0 Å². The molecule has 1 fully saturated rings. The molecule has 1 aliphatic heterocycles. The van der Waals surface area contributed by atoms with E-state index >= 15 is 0 Å². The molecule has 0 aliphatic carbocycles. The minimum absolute atomic E-state index is 0.00651. The Balaban J connectivity index is 1.41. The van der Waals surface area contributed by atoms with E-state index < -0.39 is 0 Å². The van der Waals surface area contributed by atoms with E-state index in [4.69, 9.17) is 21.3 Å². The van der Waals surface area contributed by atoms with Crippen molar-refractivity contribution in [2.45, 2.75) is 32.7 Å². The van der Waals surface area contributed by atoms with Crippen molar-refractivity contribution in [3.8, 4) is 5.75 Å². The van der Waals surface area contributed by atoms with Crippen molar-refractivity contribution in [2.24, 2.45) is 0 Å². The minimum atomic E-state index is 0.00651. The molecule has 7 heteroatoms. The molecule has 0 bridgehead atoms. The fraction of sp³-hybridized carbons (Fsp3) is 0.259. The van der Waals surface area contributed by atoms with Gasteiger partial charge in [-0.15, -0.1) is 0 Å². The van der Waals surface area contributed by atoms with Gasteiger partial charge in [0.25, 0.3) is 0 Å². The number of carbonyl (C=O) groups excluding carboxylic acids is 1. The summed E-state index contributed by atoms with van der Waals surface area (Å²) in [6.45, 7) is 5.69. The molecule has 1 aromatic heterocycles. The number of fused-ring (bicyclic) bond motifs is 1. The first kappa shape index (κ1) is 22.9. The molecule has 3 aromatic carbocycles. The van der Waals surface area contributed by atoms with E-state index in [0.29, 0.717) is 26.1 Å². The molecule has 174 valence electrons. The van der Waals surface area contributed by atoms with Gasteiger partial charge in [0.1, 0.15) is 18.2 Å². The van der Waals surface area contributed by atoms with Crippen LogP contribution in [0.5, 0.6) is 5.75 Å². The molecule has 0 spiro atoms. The summed E-state index contributed by atoms with van der Waals surface area (Å²) in [5.41, 5.74) is 4.89. The Morgan fingerprint density at radius 3 is 2.56 bits per heavy atom. The minimum Gasteiger partial charge on any atom is -0.492 e. The van der Waals surface area contributed by atoms with Crippen LogP contribution < -0.4 is 9.64 Å². The van der Waals surface area contributed by atoms with Crippen molar-refractivity contribution < 1.29 is 9.53 Å². The van der Waals surface area contributed by atoms with Crippen molar-refractivity contribution in [2.75, 3.05) is 18.1 Å². The van der Waals surface area contributed by atoms with Crippen molar-refractivity contribution in [3.63, 3.8) is 0 Å². The van der Waals surface area contributed by atoms with Gasteiger partial charge >= 0.3 is 0 Å². The highest BCUT2D eigenvalue weighted by molar-refractivity contribution is 9.10. The number of carbonyl (C=O) groups is 1. The van der Waals surface area contributed by atoms with Crippen LogP contribution in [0.25, 0.3) is 11.0 Å². The number of aromatic nitrogens is 2. The molecule has 1 saturated heterocycles. The summed E-state index contributed by atoms with van der Waals surface area (Å²) < 4.78 is 9.22. The van der Waals surface area contributed by atoms with E-state index in [1.54, 1.807) is 0 Å². The maximum atomic E-state index is 13.0. The summed E-state index contributed by atoms with van der Waals surface area (Å²) in [5.74, 6) is 1.85. The van der Waals surface area contributed by atoms with Gasteiger partial charge in [-0.05, 0) is 77.3 Å². The maximum absolute atomic E-state index is 13.0. The van der Waals surface area contributed by atoms with Gasteiger partial charge in [-0.25, -0.2) is 4.98 Å². The number of imidazole rings is 1. The van der Waals surface area contributed by atoms with E-state index in [9.17, 15) is 4.79 Å². The zero-order chi connectivity index (χ0) is 23.8. The van der Waals surface area contributed by atoms with E-state index in [2.05, 4.69) is 26.6 Å². The molecular formula is C27H25BrClN3O2. The molecule has 5 nitrogen and oxygen atoms in total. The van der Waals surface area contributed by atoms with Crippen LogP contribution >= 0.6 is 27.5 Å². The molecule has 1 aliphatic rings. The summed E-state index contributed by atoms with van der Waals surface area (Å²) in [6.07, 6.45) is 0.432. The number of hydrogen-bond acceptors (Lipinski definition) is 3. The van der Waals surface area contributed by atoms with Crippen LogP contribution in [0.15, 0.2) is 65.1 Å². The van der Waals surface area contributed by atoms with Crippen LogP contribution in [0.3, 0.4) is 0 Å². The first-order chi connectivity index (χ1) is 16.4. The highest BCUT2D eigenvalue weighted by Crippen LogP contribution is 2.36. The lowest BCUT2D eigenvalue weighted by atomic mass is 10.1. The predicted molar refractivity (Wildman–Crippen MR) is 140 cm³/mol. The molecule has 0 N–H and O–H groups in total. The first-order valence-corrected chi connectivity index (χ1v) is 12.5. The number of amides is 1. The van der Waals surface area contributed by atoms with Crippen molar-refractivity contribution in [1.29, 1.82) is 0 Å². The summed E-state index contributed by atoms with van der Waals surface area (Å²) in [4.78, 5) is 19.8. The molecule has 1 unspecified atom stereocenters. The Bertz CT molecular complexity index is 1360. The second kappa shape index (κ2) is 9.43. The highest BCUT2D eigenvalue weighted by atomic mass is 79.9. The molecule has 5 rings (SSSR count). The van der Waals surface area contributed by atoms with Gasteiger partial charge in [0.2, 0.25) is 5.91 Å². The molecule has 0 saturated carbocycles. The third kappa shape index (κ3) is 4.32. The van der Waals surface area contributed by atoms with Crippen molar-refractivity contribution in [3.05, 3.63) is 87.1 Å². The number of benzene rings is 3. The number of ether oxygens (including phenoxy) is 1. The maximum Gasteiger partial charge on any atom is 0.227 e. The van der Waals surface area contributed by atoms with Crippen LogP contribution in [-0.4, -0.2) is 28.6 Å². The summed E-state index contributed by atoms with van der Waals surface area (Å²) in [7, 11) is 0. The molecule has 34 heavy (non-hydrogen) atoms. The lowest BCUT2D eigenvalue weighted by molar-refractivity contribution is -0.117. The monoisotopic (exact) mass is 537 g/mol. The normalized spacial score (nSPS) is 15.9. The number of rotatable bonds is 6. The summed E-state index contributed by atoms with van der Waals surface area (Å²) in [6, 6.07) is 19.9. The number of hydrogen-bond donors (Lipinski definition) is 0. The second-order valence-electron chi connectivity index (χ2n) is 8.69. The smallest absolute Gasteiger partial charge is 0.227 e. The SMILES string of the molecule is Cc1cc(OCCn2c(C3CC(=O)N(c4ccccc4Br)C3)nc3ccccc32)cc(C)c1Cl. The van der Waals surface area contributed by atoms with Crippen LogP contribution in [0.2, 0.25) is 5.02 Å². The Morgan fingerprint density at radius 2 is 1.79 bits per heavy atom. The lowest BCUT2D eigenvalue weighted by Crippen LogP contribution is -2.25. The van der Waals surface area contributed by atoms with Crippen molar-refractivity contribution >= 4 is 50.2 Å². The lowest BCUT2D eigenvalue weighted by Gasteiger charge is -2.19. The van der Waals surface area contributed by atoms with E-state index in [0.717, 1.165) is 48.9 Å². The summed E-state index contributed by atoms with van der Waals surface area (Å²) >= 11 is 9.88. The van der Waals surface area contributed by atoms with Gasteiger partial charge in [-0.3, -0.25) is 4.79 Å². The number of halogens is 2. The fourth-order valence-corrected chi connectivity index (χ4v) is 5.28. The number of anilines is 1. The molecule has 2 heterocycles. The molecular weight excluding hydrogens is 514 g/mol. The average Bonchev–Trinajstić information content (AvgIpc) is 3.38. The van der Waals surface area contributed by atoms with Crippen LogP contribution in [-0.2, 0) is 11.3 Å². The molecule has 0 radical (unpaired) electrons. The Labute approximate surface area is 212 Å². The van der Waals surface area contributed by atoms with Gasteiger partial charge in [-0.1, -0.05) is 35.9 Å². The Morgan fingerprint density at radius 1 is 1.09 bits per heavy atom. The van der Waals surface area contributed by atoms with Gasteiger partial charge in [0, 0.05) is 28.4 Å². The van der Waals surface area contributed by atoms with Crippen LogP contribution in [0.1, 0.15) is 29.3 Å². The number of nitrogens with zero attached hydrogens (tertiary/aromatic N) is 3. The van der Waals surface area contributed by atoms with E-state index in [1.807, 2.05) is 73.3 Å². The van der Waals surface area contributed by atoms with Gasteiger partial charge < -0.3 is 14.2 Å². The van der Waals surface area contributed by atoms with E-state index in [1.165, 1.54) is 0 Å². The van der Waals surface area contributed by atoms with Crippen LogP contribution in [0, 0.1) is 13.8 Å². The predicted octanol–water partition coefficient (Wildman–Crippen LogP) is 6.67. The number of para-hydroxylation sites is 3. The first-order valence-electron chi connectivity index (χ1n) is 11.3. The zero-order valence-corrected chi connectivity index (χ0v) is 21.4. The zero-order valence-electron chi connectivity index (χ0n) is 19.1. The van der Waals surface area contributed by atoms with Crippen molar-refractivity contribution in [1.82, 2.24) is 9.55 Å². The standard InChI is InChI=1S/C27H25BrClN3O2/c1-17-13-20(14-18(2)26(17)29)34-12-11-31-24-10-6-4-8-22(24)30-27(31)19-15-25(33)32(16-19)23-9-5-3-7-21(23)28/h3-10,13-14,19H,11-12,15-16H2,1-2H3. The average molecular weight is 539 g/mol. The Kier molecular flexibility index (Phi) is 6.36. The molecule has 4 aromatic rings. The topological polar surface area (TPSA) is 47.4 Å².